The maximum absolute atomic E-state index is 13.1. The fourth-order valence-electron chi connectivity index (χ4n) is 3.15. The molecule has 9 heteroatoms. The van der Waals surface area contributed by atoms with Crippen LogP contribution in [0.15, 0.2) is 18.0 Å². The van der Waals surface area contributed by atoms with Crippen LogP contribution in [0.3, 0.4) is 0 Å². The number of thiophene rings is 1. The lowest BCUT2D eigenvalue weighted by molar-refractivity contribution is -0.134. The van der Waals surface area contributed by atoms with Gasteiger partial charge in [-0.3, -0.25) is 4.79 Å². The number of carbonyl (C=O) groups is 1. The summed E-state index contributed by atoms with van der Waals surface area (Å²) in [5.74, 6) is -0.931. The number of carbonyl (C=O) groups excluding carboxylic acids is 1. The second-order valence-corrected chi connectivity index (χ2v) is 7.27. The Kier molecular flexibility index (Phi) is 6.12. The molecule has 5 N–H and O–H groups in total. The van der Waals surface area contributed by atoms with Gasteiger partial charge in [-0.25, -0.2) is 0 Å². The van der Waals surface area contributed by atoms with Gasteiger partial charge in [0.15, 0.2) is 5.78 Å². The Labute approximate surface area is 148 Å². The van der Waals surface area contributed by atoms with E-state index in [0.29, 0.717) is 34.8 Å². The average molecular weight is 377 g/mol. The van der Waals surface area contributed by atoms with Crippen LogP contribution in [0.1, 0.15) is 45.8 Å². The summed E-state index contributed by atoms with van der Waals surface area (Å²) in [6.07, 6.45) is -1.80. The minimum atomic E-state index is -4.52. The Morgan fingerprint density at radius 3 is 2.76 bits per heavy atom. The van der Waals surface area contributed by atoms with Gasteiger partial charge in [-0.2, -0.15) is 13.2 Å². The molecule has 0 amide bonds. The highest BCUT2D eigenvalue weighted by atomic mass is 32.1. The van der Waals surface area contributed by atoms with Crippen molar-refractivity contribution in [2.24, 2.45) is 5.73 Å². The van der Waals surface area contributed by atoms with Gasteiger partial charge >= 0.3 is 6.18 Å². The highest BCUT2D eigenvalue weighted by molar-refractivity contribution is 7.12. The standard InChI is InChI=1S/C16H22F3N3O2S/c1-8-3-9(4-12(22-8)11(20)6-21-2)15-10(13(24)7-23)5-14(25-15)16(17,18)19/h5-6,8-9,12,21-23H,3-4,7,20H2,1-2H3/b11-6-/t8-,9?,12-/m0/s1. The lowest BCUT2D eigenvalue weighted by Crippen LogP contribution is -2.46. The third kappa shape index (κ3) is 4.53. The van der Waals surface area contributed by atoms with Crippen molar-refractivity contribution < 1.29 is 23.1 Å². The van der Waals surface area contributed by atoms with E-state index in [2.05, 4.69) is 10.6 Å². The molecule has 1 fully saturated rings. The van der Waals surface area contributed by atoms with Crippen LogP contribution in [0.5, 0.6) is 0 Å². The molecule has 2 heterocycles. The van der Waals surface area contributed by atoms with E-state index >= 15 is 0 Å². The number of nitrogens with two attached hydrogens (primary N) is 1. The van der Waals surface area contributed by atoms with E-state index in [0.717, 1.165) is 6.07 Å². The SMILES string of the molecule is CN/C=C(\N)[C@@H]1CC(c2sc(C(F)(F)F)cc2C(=O)CO)C[C@H](C)N1. The van der Waals surface area contributed by atoms with Crippen molar-refractivity contribution >= 4 is 17.1 Å². The summed E-state index contributed by atoms with van der Waals surface area (Å²) in [6, 6.07) is 0.684. The quantitative estimate of drug-likeness (QED) is 0.591. The van der Waals surface area contributed by atoms with E-state index in [-0.39, 0.29) is 23.6 Å². The molecule has 3 atom stereocenters. The van der Waals surface area contributed by atoms with Crippen molar-refractivity contribution in [3.63, 3.8) is 0 Å². The predicted octanol–water partition coefficient (Wildman–Crippen LogP) is 2.19. The summed E-state index contributed by atoms with van der Waals surface area (Å²) in [5, 5.41) is 15.3. The van der Waals surface area contributed by atoms with Crippen LogP contribution in [0.25, 0.3) is 0 Å². The summed E-state index contributed by atoms with van der Waals surface area (Å²) in [7, 11) is 1.71. The molecular formula is C16H22F3N3O2S. The second kappa shape index (κ2) is 7.76. The molecule has 2 rings (SSSR count). The van der Waals surface area contributed by atoms with Crippen LogP contribution in [-0.2, 0) is 6.18 Å². The molecule has 0 saturated carbocycles. The summed E-state index contributed by atoms with van der Waals surface area (Å²) in [6.45, 7) is 1.12. The van der Waals surface area contributed by atoms with E-state index in [9.17, 15) is 18.0 Å². The predicted molar refractivity (Wildman–Crippen MR) is 90.4 cm³/mol. The minimum absolute atomic E-state index is 0.0288. The topological polar surface area (TPSA) is 87.4 Å². The molecule has 0 radical (unpaired) electrons. The first-order valence-electron chi connectivity index (χ1n) is 7.91. The number of aliphatic hydroxyl groups excluding tert-OH is 1. The number of Topliss-reactive ketones (excluding diaryl/α,β-unsaturated/α-hetero) is 1. The van der Waals surface area contributed by atoms with Crippen molar-refractivity contribution in [2.75, 3.05) is 13.7 Å². The number of hydrogen-bond donors (Lipinski definition) is 4. The number of rotatable bonds is 5. The van der Waals surface area contributed by atoms with Gasteiger partial charge in [-0.05, 0) is 31.7 Å². The summed E-state index contributed by atoms with van der Waals surface area (Å²) < 4.78 is 39.3. The molecule has 25 heavy (non-hydrogen) atoms. The maximum atomic E-state index is 13.1. The van der Waals surface area contributed by atoms with E-state index in [1.807, 2.05) is 6.92 Å². The molecular weight excluding hydrogens is 355 g/mol. The van der Waals surface area contributed by atoms with Crippen molar-refractivity contribution in [3.05, 3.63) is 33.3 Å². The van der Waals surface area contributed by atoms with Gasteiger partial charge in [0.1, 0.15) is 11.5 Å². The molecule has 0 bridgehead atoms. The van der Waals surface area contributed by atoms with E-state index in [4.69, 9.17) is 10.8 Å². The Balaban J connectivity index is 2.39. The Morgan fingerprint density at radius 2 is 2.20 bits per heavy atom. The van der Waals surface area contributed by atoms with Crippen molar-refractivity contribution in [1.29, 1.82) is 0 Å². The third-order valence-corrected chi connectivity index (χ3v) is 5.55. The molecule has 1 aromatic rings. The zero-order valence-corrected chi connectivity index (χ0v) is 14.8. The van der Waals surface area contributed by atoms with E-state index in [1.165, 1.54) is 0 Å². The molecule has 1 aromatic heterocycles. The molecule has 0 aliphatic carbocycles. The lowest BCUT2D eigenvalue weighted by atomic mass is 9.84. The Bertz CT molecular complexity index is 658. The van der Waals surface area contributed by atoms with Gasteiger partial charge in [-0.1, -0.05) is 0 Å². The second-order valence-electron chi connectivity index (χ2n) is 6.19. The van der Waals surface area contributed by atoms with Gasteiger partial charge in [0.2, 0.25) is 0 Å². The van der Waals surface area contributed by atoms with Gasteiger partial charge in [0.05, 0.1) is 0 Å². The zero-order valence-electron chi connectivity index (χ0n) is 14.0. The van der Waals surface area contributed by atoms with Gasteiger partial charge in [0.25, 0.3) is 0 Å². The minimum Gasteiger partial charge on any atom is -0.400 e. The molecule has 0 aromatic carbocycles. The number of hydrogen-bond acceptors (Lipinski definition) is 6. The average Bonchev–Trinajstić information content (AvgIpc) is 2.99. The molecule has 1 unspecified atom stereocenters. The van der Waals surface area contributed by atoms with Crippen LogP contribution < -0.4 is 16.4 Å². The summed E-state index contributed by atoms with van der Waals surface area (Å²) in [5.41, 5.74) is 6.54. The highest BCUT2D eigenvalue weighted by Crippen LogP contribution is 2.43. The first-order valence-corrected chi connectivity index (χ1v) is 8.72. The first kappa shape index (κ1) is 19.7. The third-order valence-electron chi connectivity index (χ3n) is 4.21. The molecule has 140 valence electrons. The van der Waals surface area contributed by atoms with Gasteiger partial charge < -0.3 is 21.5 Å². The van der Waals surface area contributed by atoms with Crippen LogP contribution in [0.2, 0.25) is 0 Å². The lowest BCUT2D eigenvalue weighted by Gasteiger charge is -2.35. The highest BCUT2D eigenvalue weighted by Gasteiger charge is 2.38. The summed E-state index contributed by atoms with van der Waals surface area (Å²) >= 11 is 0.585. The largest absolute Gasteiger partial charge is 0.425 e. The number of ketones is 1. The van der Waals surface area contributed by atoms with Crippen molar-refractivity contribution in [2.45, 2.75) is 43.9 Å². The van der Waals surface area contributed by atoms with Crippen molar-refractivity contribution in [3.8, 4) is 0 Å². The Hall–Kier alpha value is -1.58. The monoisotopic (exact) mass is 377 g/mol. The number of piperidine rings is 1. The maximum Gasteiger partial charge on any atom is 0.425 e. The fourth-order valence-corrected chi connectivity index (χ4v) is 4.32. The molecule has 1 saturated heterocycles. The van der Waals surface area contributed by atoms with Crippen LogP contribution in [-0.4, -0.2) is 36.6 Å². The molecule has 1 aliphatic heterocycles. The van der Waals surface area contributed by atoms with Gasteiger partial charge in [0, 0.05) is 41.5 Å². The number of alkyl halides is 3. The molecule has 1 aliphatic rings. The van der Waals surface area contributed by atoms with Crippen molar-refractivity contribution in [1.82, 2.24) is 10.6 Å². The smallest absolute Gasteiger partial charge is 0.400 e. The number of halogens is 3. The van der Waals surface area contributed by atoms with Crippen LogP contribution >= 0.6 is 11.3 Å². The zero-order chi connectivity index (χ0) is 18.8. The van der Waals surface area contributed by atoms with Crippen LogP contribution in [0, 0.1) is 0 Å². The number of nitrogens with one attached hydrogen (secondary N) is 2. The summed E-state index contributed by atoms with van der Waals surface area (Å²) in [4.78, 5) is 11.5. The Morgan fingerprint density at radius 1 is 1.52 bits per heavy atom. The number of aliphatic hydroxyl groups is 1. The first-order chi connectivity index (χ1) is 11.7. The molecule has 0 spiro atoms. The van der Waals surface area contributed by atoms with E-state index in [1.54, 1.807) is 13.2 Å². The fraction of sp³-hybridized carbons (Fsp3) is 0.562. The molecule has 5 nitrogen and oxygen atoms in total. The normalized spacial score (nSPS) is 25.0. The van der Waals surface area contributed by atoms with Gasteiger partial charge in [-0.15, -0.1) is 11.3 Å². The van der Waals surface area contributed by atoms with Crippen LogP contribution in [0.4, 0.5) is 13.2 Å². The van der Waals surface area contributed by atoms with E-state index < -0.39 is 23.4 Å².